The fraction of sp³-hybridized carbons (Fsp3) is 0.565. The highest BCUT2D eigenvalue weighted by Gasteiger charge is 2.35. The second kappa shape index (κ2) is 10.3. The maximum atomic E-state index is 14.5. The van der Waals surface area contributed by atoms with E-state index in [4.69, 9.17) is 0 Å². The molecule has 2 aromatic rings. The summed E-state index contributed by atoms with van der Waals surface area (Å²) < 4.78 is 15.9. The minimum Gasteiger partial charge on any atom is -0.343 e. The Morgan fingerprint density at radius 1 is 1.12 bits per heavy atom. The fourth-order valence-electron chi connectivity index (χ4n) is 4.84. The molecule has 1 saturated carbocycles. The number of fused-ring (bicyclic) bond motifs is 1. The number of hydrogen-bond acceptors (Lipinski definition) is 5. The van der Waals surface area contributed by atoms with Gasteiger partial charge < -0.3 is 20.4 Å². The molecule has 0 aromatic carbocycles. The third-order valence-corrected chi connectivity index (χ3v) is 6.64. The molecule has 1 atom stereocenters. The predicted molar refractivity (Wildman–Crippen MR) is 120 cm³/mol. The molecule has 0 bridgehead atoms. The monoisotopic (exact) mass is 458 g/mol. The molecule has 2 aromatic heterocycles. The molecule has 1 aliphatic carbocycles. The quantitative estimate of drug-likeness (QED) is 0.674. The molecule has 4 rings (SSSR count). The van der Waals surface area contributed by atoms with Gasteiger partial charge in [0.2, 0.25) is 11.8 Å². The maximum Gasteiger partial charge on any atom is 0.257 e. The SMILES string of the molecule is CNCC(=O)NC(C(=O)N1CCN(C(=O)c2cc3ccnn3cc2F)CC1)C1CCCCC1. The minimum atomic E-state index is -0.626. The first-order valence-electron chi connectivity index (χ1n) is 11.6. The highest BCUT2D eigenvalue weighted by atomic mass is 19.1. The van der Waals surface area contributed by atoms with Gasteiger partial charge in [-0.25, -0.2) is 8.91 Å². The van der Waals surface area contributed by atoms with Crippen molar-refractivity contribution in [3.8, 4) is 0 Å². The second-order valence-electron chi connectivity index (χ2n) is 8.83. The zero-order chi connectivity index (χ0) is 23.4. The lowest BCUT2D eigenvalue weighted by molar-refractivity contribution is -0.139. The van der Waals surface area contributed by atoms with Crippen molar-refractivity contribution < 1.29 is 18.8 Å². The average Bonchev–Trinajstić information content (AvgIpc) is 3.29. The fourth-order valence-corrected chi connectivity index (χ4v) is 4.84. The van der Waals surface area contributed by atoms with Gasteiger partial charge in [0, 0.05) is 32.4 Å². The van der Waals surface area contributed by atoms with E-state index in [1.807, 2.05) is 0 Å². The van der Waals surface area contributed by atoms with Gasteiger partial charge in [-0.1, -0.05) is 19.3 Å². The molecule has 33 heavy (non-hydrogen) atoms. The van der Waals surface area contributed by atoms with E-state index >= 15 is 0 Å². The van der Waals surface area contributed by atoms with Crippen molar-refractivity contribution in [1.29, 1.82) is 0 Å². The van der Waals surface area contributed by atoms with E-state index in [2.05, 4.69) is 15.7 Å². The van der Waals surface area contributed by atoms with Crippen LogP contribution in [0.25, 0.3) is 5.52 Å². The summed E-state index contributed by atoms with van der Waals surface area (Å²) in [6.07, 6.45) is 7.87. The first-order chi connectivity index (χ1) is 16.0. The van der Waals surface area contributed by atoms with Crippen LogP contribution < -0.4 is 10.6 Å². The molecule has 0 spiro atoms. The predicted octanol–water partition coefficient (Wildman–Crippen LogP) is 1.04. The standard InChI is InChI=1S/C23H31FN6O3/c1-25-14-20(31)27-21(16-5-3-2-4-6-16)23(33)29-11-9-28(10-12-29)22(32)18-13-17-7-8-26-30(17)15-19(18)24/h7-8,13,15-16,21,25H,2-6,9-12,14H2,1H3,(H,27,31). The van der Waals surface area contributed by atoms with Crippen molar-refractivity contribution in [3.63, 3.8) is 0 Å². The van der Waals surface area contributed by atoms with Gasteiger partial charge in [0.1, 0.15) is 6.04 Å². The van der Waals surface area contributed by atoms with Crippen LogP contribution in [0.4, 0.5) is 4.39 Å². The van der Waals surface area contributed by atoms with E-state index in [9.17, 15) is 18.8 Å². The van der Waals surface area contributed by atoms with Gasteiger partial charge in [0.25, 0.3) is 5.91 Å². The zero-order valence-electron chi connectivity index (χ0n) is 18.9. The Hall–Kier alpha value is -3.01. The van der Waals surface area contributed by atoms with E-state index < -0.39 is 17.8 Å². The molecular formula is C23H31FN6O3. The van der Waals surface area contributed by atoms with Crippen molar-refractivity contribution in [2.24, 2.45) is 5.92 Å². The molecule has 3 heterocycles. The Bertz CT molecular complexity index is 1010. The number of hydrogen-bond donors (Lipinski definition) is 2. The van der Waals surface area contributed by atoms with E-state index in [1.54, 1.807) is 29.1 Å². The molecular weight excluding hydrogens is 427 g/mol. The Morgan fingerprint density at radius 2 is 1.82 bits per heavy atom. The molecule has 10 heteroatoms. The van der Waals surface area contributed by atoms with Crippen LogP contribution in [0, 0.1) is 11.7 Å². The van der Waals surface area contributed by atoms with Crippen molar-refractivity contribution in [1.82, 2.24) is 30.0 Å². The van der Waals surface area contributed by atoms with Gasteiger partial charge in [-0.05, 0) is 37.9 Å². The Morgan fingerprint density at radius 3 is 2.52 bits per heavy atom. The van der Waals surface area contributed by atoms with Crippen LogP contribution in [0.1, 0.15) is 42.5 Å². The van der Waals surface area contributed by atoms with Gasteiger partial charge in [-0.15, -0.1) is 0 Å². The number of pyridine rings is 1. The molecule has 1 saturated heterocycles. The zero-order valence-corrected chi connectivity index (χ0v) is 18.9. The van der Waals surface area contributed by atoms with Crippen molar-refractivity contribution in [3.05, 3.63) is 35.9 Å². The average molecular weight is 459 g/mol. The topological polar surface area (TPSA) is 99.0 Å². The number of nitrogens with one attached hydrogen (secondary N) is 2. The number of aromatic nitrogens is 2. The van der Waals surface area contributed by atoms with Gasteiger partial charge in [-0.2, -0.15) is 5.10 Å². The highest BCUT2D eigenvalue weighted by Crippen LogP contribution is 2.28. The van der Waals surface area contributed by atoms with E-state index in [1.165, 1.54) is 16.8 Å². The molecule has 2 N–H and O–H groups in total. The lowest BCUT2D eigenvalue weighted by Crippen LogP contribution is -2.58. The number of halogens is 1. The number of carbonyl (C=O) groups excluding carboxylic acids is 3. The summed E-state index contributed by atoms with van der Waals surface area (Å²) in [4.78, 5) is 41.9. The number of likely N-dealkylation sites (N-methyl/N-ethyl adjacent to an activating group) is 1. The van der Waals surface area contributed by atoms with E-state index in [0.717, 1.165) is 32.1 Å². The van der Waals surface area contributed by atoms with Gasteiger partial charge >= 0.3 is 0 Å². The van der Waals surface area contributed by atoms with Crippen LogP contribution in [-0.4, -0.2) is 82.9 Å². The molecule has 178 valence electrons. The highest BCUT2D eigenvalue weighted by molar-refractivity contribution is 5.96. The number of carbonyl (C=O) groups is 3. The summed E-state index contributed by atoms with van der Waals surface area (Å²) in [6.45, 7) is 1.50. The third-order valence-electron chi connectivity index (χ3n) is 6.64. The molecule has 1 unspecified atom stereocenters. The number of amides is 3. The summed E-state index contributed by atoms with van der Waals surface area (Å²) >= 11 is 0. The summed E-state index contributed by atoms with van der Waals surface area (Å²) in [6, 6.07) is 2.66. The summed E-state index contributed by atoms with van der Waals surface area (Å²) in [5, 5.41) is 9.74. The summed E-state index contributed by atoms with van der Waals surface area (Å²) in [7, 11) is 1.70. The molecule has 2 fully saturated rings. The Labute approximate surface area is 192 Å². The van der Waals surface area contributed by atoms with Crippen LogP contribution in [-0.2, 0) is 9.59 Å². The van der Waals surface area contributed by atoms with Gasteiger partial charge in [-0.3, -0.25) is 14.4 Å². The number of piperazine rings is 1. The number of nitrogens with zero attached hydrogens (tertiary/aromatic N) is 4. The second-order valence-corrected chi connectivity index (χ2v) is 8.83. The van der Waals surface area contributed by atoms with Gasteiger partial charge in [0.15, 0.2) is 5.82 Å². The van der Waals surface area contributed by atoms with Crippen LogP contribution in [0.2, 0.25) is 0 Å². The minimum absolute atomic E-state index is 0.00203. The van der Waals surface area contributed by atoms with Crippen LogP contribution in [0.15, 0.2) is 24.5 Å². The Kier molecular flexibility index (Phi) is 7.22. The molecule has 2 aliphatic rings. The maximum absolute atomic E-state index is 14.5. The summed E-state index contributed by atoms with van der Waals surface area (Å²) in [5.41, 5.74) is 0.642. The molecule has 3 amide bonds. The van der Waals surface area contributed by atoms with E-state index in [-0.39, 0.29) is 29.8 Å². The van der Waals surface area contributed by atoms with Crippen molar-refractivity contribution >= 4 is 23.2 Å². The molecule has 1 aliphatic heterocycles. The largest absolute Gasteiger partial charge is 0.343 e. The van der Waals surface area contributed by atoms with Crippen molar-refractivity contribution in [2.75, 3.05) is 39.8 Å². The normalized spacial score (nSPS) is 18.4. The smallest absolute Gasteiger partial charge is 0.257 e. The first-order valence-corrected chi connectivity index (χ1v) is 11.6. The van der Waals surface area contributed by atoms with Crippen LogP contribution in [0.3, 0.4) is 0 Å². The molecule has 9 nitrogen and oxygen atoms in total. The Balaban J connectivity index is 1.41. The summed E-state index contributed by atoms with van der Waals surface area (Å²) in [5.74, 6) is -1.18. The molecule has 0 radical (unpaired) electrons. The third kappa shape index (κ3) is 5.16. The van der Waals surface area contributed by atoms with Crippen LogP contribution >= 0.6 is 0 Å². The van der Waals surface area contributed by atoms with E-state index in [0.29, 0.717) is 31.7 Å². The van der Waals surface area contributed by atoms with Crippen LogP contribution in [0.5, 0.6) is 0 Å². The lowest BCUT2D eigenvalue weighted by atomic mass is 9.83. The van der Waals surface area contributed by atoms with Gasteiger partial charge in [0.05, 0.1) is 23.8 Å². The van der Waals surface area contributed by atoms with Crippen molar-refractivity contribution in [2.45, 2.75) is 38.1 Å². The first kappa shape index (κ1) is 23.2. The number of rotatable bonds is 6. The lowest BCUT2D eigenvalue weighted by Gasteiger charge is -2.39.